The van der Waals surface area contributed by atoms with Crippen LogP contribution >= 0.6 is 0 Å². The van der Waals surface area contributed by atoms with Gasteiger partial charge in [-0.2, -0.15) is 5.26 Å². The molecule has 0 amide bonds. The molecule has 0 heterocycles. The summed E-state index contributed by atoms with van der Waals surface area (Å²) in [5, 5.41) is 8.87. The minimum Gasteiger partial charge on any atom is -0.207 e. The minimum atomic E-state index is -3.51. The van der Waals surface area contributed by atoms with Crippen LogP contribution in [-0.4, -0.2) is 14.0 Å². The minimum absolute atomic E-state index is 0.233. The van der Waals surface area contributed by atoms with Gasteiger partial charge in [-0.05, 0) is 50.5 Å². The number of aryl methyl sites for hydroxylation is 1. The Morgan fingerprint density at radius 3 is 2.47 bits per heavy atom. The summed E-state index contributed by atoms with van der Waals surface area (Å²) in [7, 11) is -3.51. The molecule has 102 valence electrons. The zero-order chi connectivity index (χ0) is 14.1. The number of nitrogens with zero attached hydrogens (tertiary/aromatic N) is 1. The Morgan fingerprint density at radius 2 is 1.95 bits per heavy atom. The van der Waals surface area contributed by atoms with Crippen molar-refractivity contribution < 1.29 is 8.42 Å². The van der Waals surface area contributed by atoms with Gasteiger partial charge in [-0.15, -0.1) is 0 Å². The highest BCUT2D eigenvalue weighted by Gasteiger charge is 2.33. The van der Waals surface area contributed by atoms with Crippen LogP contribution in [0.4, 0.5) is 0 Å². The Labute approximate surface area is 114 Å². The maximum absolute atomic E-state index is 12.4. The Bertz CT molecular complexity index is 623. The third-order valence-corrected chi connectivity index (χ3v) is 5.35. The molecule has 1 N–H and O–H groups in total. The van der Waals surface area contributed by atoms with Gasteiger partial charge in [-0.25, -0.2) is 13.1 Å². The van der Waals surface area contributed by atoms with Crippen LogP contribution < -0.4 is 4.72 Å². The monoisotopic (exact) mass is 278 g/mol. The second-order valence-corrected chi connectivity index (χ2v) is 7.14. The van der Waals surface area contributed by atoms with Gasteiger partial charge in [-0.3, -0.25) is 0 Å². The maximum Gasteiger partial charge on any atom is 0.241 e. The molecule has 0 atom stereocenters. The highest BCUT2D eigenvalue weighted by atomic mass is 32.2. The maximum atomic E-state index is 12.4. The lowest BCUT2D eigenvalue weighted by atomic mass is 10.0. The molecule has 2 rings (SSSR count). The van der Waals surface area contributed by atoms with Gasteiger partial charge in [0.2, 0.25) is 10.0 Å². The van der Waals surface area contributed by atoms with E-state index in [9.17, 15) is 8.42 Å². The molecule has 1 aliphatic carbocycles. The highest BCUT2D eigenvalue weighted by Crippen LogP contribution is 2.30. The van der Waals surface area contributed by atoms with Gasteiger partial charge in [0.05, 0.1) is 16.5 Å². The van der Waals surface area contributed by atoms with E-state index < -0.39 is 10.0 Å². The summed E-state index contributed by atoms with van der Waals surface area (Å²) in [6.45, 7) is 3.70. The van der Waals surface area contributed by atoms with Crippen molar-refractivity contribution in [1.29, 1.82) is 5.26 Å². The third-order valence-electron chi connectivity index (χ3n) is 3.72. The van der Waals surface area contributed by atoms with Gasteiger partial charge in [0.15, 0.2) is 0 Å². The summed E-state index contributed by atoms with van der Waals surface area (Å²) in [6.07, 6.45) is 3.87. The lowest BCUT2D eigenvalue weighted by Gasteiger charge is -2.25. The summed E-state index contributed by atoms with van der Waals surface area (Å²) in [5.74, 6) is 0. The van der Waals surface area contributed by atoms with E-state index >= 15 is 0 Å². The van der Waals surface area contributed by atoms with Crippen molar-refractivity contribution in [3.63, 3.8) is 0 Å². The molecule has 0 saturated heterocycles. The second kappa shape index (κ2) is 4.95. The molecule has 1 saturated carbocycles. The molecule has 0 bridgehead atoms. The lowest BCUT2D eigenvalue weighted by molar-refractivity contribution is 0.427. The SMILES string of the molecule is Cc1cc(S(=O)(=O)NC2(C)CCCC2)ccc1C#N. The normalized spacial score (nSPS) is 18.2. The van der Waals surface area contributed by atoms with Crippen molar-refractivity contribution in [2.24, 2.45) is 0 Å². The molecular formula is C14H18N2O2S. The number of benzene rings is 1. The standard InChI is InChI=1S/C14H18N2O2S/c1-11-9-13(6-5-12(11)10-15)19(17,18)16-14(2)7-3-4-8-14/h5-6,9,16H,3-4,7-8H2,1-2H3. The molecule has 4 nitrogen and oxygen atoms in total. The van der Waals surface area contributed by atoms with Crippen LogP contribution in [0.5, 0.6) is 0 Å². The number of sulfonamides is 1. The highest BCUT2D eigenvalue weighted by molar-refractivity contribution is 7.89. The number of nitriles is 1. The molecule has 0 aromatic heterocycles. The van der Waals surface area contributed by atoms with E-state index in [-0.39, 0.29) is 10.4 Å². The predicted molar refractivity (Wildman–Crippen MR) is 73.1 cm³/mol. The van der Waals surface area contributed by atoms with Gasteiger partial charge >= 0.3 is 0 Å². The Morgan fingerprint density at radius 1 is 1.32 bits per heavy atom. The Kier molecular flexibility index (Phi) is 3.66. The van der Waals surface area contributed by atoms with Gasteiger partial charge < -0.3 is 0 Å². The van der Waals surface area contributed by atoms with E-state index in [2.05, 4.69) is 4.72 Å². The molecule has 1 aromatic rings. The largest absolute Gasteiger partial charge is 0.241 e. The molecule has 1 aromatic carbocycles. The summed E-state index contributed by atoms with van der Waals surface area (Å²) in [5.41, 5.74) is 0.855. The molecular weight excluding hydrogens is 260 g/mol. The van der Waals surface area contributed by atoms with Crippen LogP contribution in [0.2, 0.25) is 0 Å². The van der Waals surface area contributed by atoms with Crippen molar-refractivity contribution in [2.75, 3.05) is 0 Å². The first-order chi connectivity index (χ1) is 8.86. The first-order valence-corrected chi connectivity index (χ1v) is 7.89. The van der Waals surface area contributed by atoms with Gasteiger partial charge in [0, 0.05) is 5.54 Å². The fourth-order valence-electron chi connectivity index (χ4n) is 2.57. The molecule has 0 aliphatic heterocycles. The zero-order valence-corrected chi connectivity index (χ0v) is 12.0. The Hall–Kier alpha value is -1.38. The fourth-order valence-corrected chi connectivity index (χ4v) is 4.12. The number of rotatable bonds is 3. The average Bonchev–Trinajstić information content (AvgIpc) is 2.74. The second-order valence-electron chi connectivity index (χ2n) is 5.46. The van der Waals surface area contributed by atoms with E-state index in [4.69, 9.17) is 5.26 Å². The van der Waals surface area contributed by atoms with E-state index in [1.807, 2.05) is 13.0 Å². The van der Waals surface area contributed by atoms with Crippen LogP contribution in [0.15, 0.2) is 23.1 Å². The van der Waals surface area contributed by atoms with Gasteiger partial charge in [0.1, 0.15) is 0 Å². The summed E-state index contributed by atoms with van der Waals surface area (Å²) in [6, 6.07) is 6.64. The van der Waals surface area contributed by atoms with Gasteiger partial charge in [-0.1, -0.05) is 12.8 Å². The molecule has 0 unspecified atom stereocenters. The van der Waals surface area contributed by atoms with E-state index in [1.54, 1.807) is 19.1 Å². The summed E-state index contributed by atoms with van der Waals surface area (Å²) in [4.78, 5) is 0.233. The molecule has 1 fully saturated rings. The lowest BCUT2D eigenvalue weighted by Crippen LogP contribution is -2.43. The van der Waals surface area contributed by atoms with Crippen molar-refractivity contribution in [1.82, 2.24) is 4.72 Å². The van der Waals surface area contributed by atoms with Crippen molar-refractivity contribution >= 4 is 10.0 Å². The van der Waals surface area contributed by atoms with E-state index in [1.165, 1.54) is 6.07 Å². The Balaban J connectivity index is 2.30. The summed E-state index contributed by atoms with van der Waals surface area (Å²) >= 11 is 0. The topological polar surface area (TPSA) is 70.0 Å². The quantitative estimate of drug-likeness (QED) is 0.923. The number of hydrogen-bond acceptors (Lipinski definition) is 3. The van der Waals surface area contributed by atoms with Crippen molar-refractivity contribution in [2.45, 2.75) is 50.0 Å². The van der Waals surface area contributed by atoms with Crippen LogP contribution in [0.3, 0.4) is 0 Å². The zero-order valence-electron chi connectivity index (χ0n) is 11.2. The van der Waals surface area contributed by atoms with Crippen LogP contribution in [0.1, 0.15) is 43.7 Å². The molecule has 0 spiro atoms. The first kappa shape index (κ1) is 14.0. The molecule has 0 radical (unpaired) electrons. The molecule has 1 aliphatic rings. The fraction of sp³-hybridized carbons (Fsp3) is 0.500. The number of hydrogen-bond donors (Lipinski definition) is 1. The van der Waals surface area contributed by atoms with Crippen LogP contribution in [-0.2, 0) is 10.0 Å². The van der Waals surface area contributed by atoms with Crippen LogP contribution in [0.25, 0.3) is 0 Å². The molecule has 19 heavy (non-hydrogen) atoms. The number of nitrogens with one attached hydrogen (secondary N) is 1. The van der Waals surface area contributed by atoms with E-state index in [0.29, 0.717) is 11.1 Å². The third kappa shape index (κ3) is 2.96. The van der Waals surface area contributed by atoms with Crippen molar-refractivity contribution in [3.8, 4) is 6.07 Å². The van der Waals surface area contributed by atoms with Gasteiger partial charge in [0.25, 0.3) is 0 Å². The smallest absolute Gasteiger partial charge is 0.207 e. The van der Waals surface area contributed by atoms with E-state index in [0.717, 1.165) is 25.7 Å². The van der Waals surface area contributed by atoms with Crippen LogP contribution in [0, 0.1) is 18.3 Å². The predicted octanol–water partition coefficient (Wildman–Crippen LogP) is 2.48. The molecule has 5 heteroatoms. The summed E-state index contributed by atoms with van der Waals surface area (Å²) < 4.78 is 27.5. The first-order valence-electron chi connectivity index (χ1n) is 6.41. The average molecular weight is 278 g/mol. The van der Waals surface area contributed by atoms with Crippen molar-refractivity contribution in [3.05, 3.63) is 29.3 Å².